The first-order valence-electron chi connectivity index (χ1n) is 8.85. The van der Waals surface area contributed by atoms with E-state index in [4.69, 9.17) is 49.1 Å². The number of pyridine rings is 1. The minimum absolute atomic E-state index is 0.0208. The minimum atomic E-state index is -1.23. The summed E-state index contributed by atoms with van der Waals surface area (Å²) < 4.78 is 5.78. The third-order valence-electron chi connectivity index (χ3n) is 4.62. The third kappa shape index (κ3) is 4.15. The van der Waals surface area contributed by atoms with Crippen LogP contribution in [0.25, 0.3) is 10.8 Å². The number of carboxylic acids is 1. The normalized spacial score (nSPS) is 10.7. The maximum Gasteiger partial charge on any atom is 0.322 e. The highest BCUT2D eigenvalue weighted by Crippen LogP contribution is 2.33. The van der Waals surface area contributed by atoms with E-state index in [1.807, 2.05) is 0 Å². The van der Waals surface area contributed by atoms with Crippen molar-refractivity contribution < 1.29 is 24.5 Å². The van der Waals surface area contributed by atoms with Crippen molar-refractivity contribution in [2.45, 2.75) is 6.92 Å². The average Bonchev–Trinajstić information content (AvgIpc) is 2.74. The van der Waals surface area contributed by atoms with Gasteiger partial charge in [-0.2, -0.15) is 0 Å². The van der Waals surface area contributed by atoms with Crippen LogP contribution in [0.2, 0.25) is 0 Å². The summed E-state index contributed by atoms with van der Waals surface area (Å²) in [5.41, 5.74) is 0.257. The molecule has 0 saturated heterocycles. The highest BCUT2D eigenvalue weighted by Gasteiger charge is 2.19. The fraction of sp³-hybridized carbons (Fsp3) is 0.105. The van der Waals surface area contributed by atoms with E-state index in [-0.39, 0.29) is 44.5 Å². The second-order valence-electron chi connectivity index (χ2n) is 6.68. The Morgan fingerprint density at radius 1 is 1.00 bits per heavy atom. The van der Waals surface area contributed by atoms with Gasteiger partial charge in [-0.3, -0.25) is 9.59 Å². The number of amides is 1. The molecule has 0 aliphatic heterocycles. The van der Waals surface area contributed by atoms with Gasteiger partial charge in [0.05, 0.1) is 0 Å². The van der Waals surface area contributed by atoms with Crippen LogP contribution in [0, 0.1) is 6.92 Å². The zero-order valence-electron chi connectivity index (χ0n) is 16.4. The molecule has 10 radical (unpaired) electrons. The smallest absolute Gasteiger partial charge is 0.322 e. The highest BCUT2D eigenvalue weighted by atomic mass is 16.5. The summed E-state index contributed by atoms with van der Waals surface area (Å²) in [5.74, 6) is -2.15. The monoisotopic (exact) mass is 402 g/mol. The number of nitrogens with zero attached hydrogens (tertiary/aromatic N) is 1. The number of aliphatic carboxylic acids is 1. The molecule has 0 unspecified atom stereocenters. The summed E-state index contributed by atoms with van der Waals surface area (Å²) in [6, 6.07) is 4.55. The van der Waals surface area contributed by atoms with Crippen LogP contribution in [-0.4, -0.2) is 72.8 Å². The van der Waals surface area contributed by atoms with Crippen molar-refractivity contribution in [1.82, 2.24) is 10.3 Å². The van der Waals surface area contributed by atoms with Crippen LogP contribution in [0.15, 0.2) is 18.2 Å². The number of nitrogens with one attached hydrogen (secondary N) is 1. The zero-order valence-corrected chi connectivity index (χ0v) is 16.4. The van der Waals surface area contributed by atoms with Gasteiger partial charge in [-0.15, -0.1) is 16.4 Å². The maximum absolute atomic E-state index is 12.2. The van der Waals surface area contributed by atoms with Crippen LogP contribution in [-0.2, 0) is 4.79 Å². The number of aromatic hydroxyl groups is 1. The molecule has 0 aliphatic carbocycles. The van der Waals surface area contributed by atoms with Gasteiger partial charge in [-0.1, -0.05) is 10.9 Å². The largest absolute Gasteiger partial charge is 0.505 e. The van der Waals surface area contributed by atoms with Gasteiger partial charge < -0.3 is 20.3 Å². The Balaban J connectivity index is 2.04. The lowest BCUT2D eigenvalue weighted by atomic mass is 9.62. The Morgan fingerprint density at radius 2 is 1.58 bits per heavy atom. The summed E-state index contributed by atoms with van der Waals surface area (Å²) in [7, 11) is 29.4. The van der Waals surface area contributed by atoms with Crippen molar-refractivity contribution in [3.8, 4) is 17.2 Å². The predicted molar refractivity (Wildman–Crippen MR) is 122 cm³/mol. The first kappa shape index (κ1) is 22.4. The number of ether oxygens (including phenoxy) is 1. The molecule has 1 aromatic heterocycles. The van der Waals surface area contributed by atoms with E-state index >= 15 is 0 Å². The van der Waals surface area contributed by atoms with Crippen molar-refractivity contribution in [2.24, 2.45) is 0 Å². The molecule has 0 bridgehead atoms. The van der Waals surface area contributed by atoms with Gasteiger partial charge in [-0.05, 0) is 25.1 Å². The highest BCUT2D eigenvalue weighted by molar-refractivity contribution is 6.67. The molecule has 0 fully saturated rings. The number of carbonyl (C=O) groups is 2. The van der Waals surface area contributed by atoms with Crippen LogP contribution < -0.4 is 37.4 Å². The zero-order chi connectivity index (χ0) is 23.0. The molecule has 0 spiro atoms. The lowest BCUT2D eigenvalue weighted by Gasteiger charge is -2.21. The van der Waals surface area contributed by atoms with Crippen LogP contribution in [0.1, 0.15) is 16.2 Å². The Kier molecular flexibility index (Phi) is 6.11. The van der Waals surface area contributed by atoms with Crippen molar-refractivity contribution in [3.05, 3.63) is 29.6 Å². The molecular weight excluding hydrogens is 390 g/mol. The summed E-state index contributed by atoms with van der Waals surface area (Å²) in [6.07, 6.45) is 0. The van der Waals surface area contributed by atoms with Crippen molar-refractivity contribution in [3.63, 3.8) is 0 Å². The number of aromatic nitrogens is 1. The van der Waals surface area contributed by atoms with Crippen LogP contribution >= 0.6 is 0 Å². The van der Waals surface area contributed by atoms with Gasteiger partial charge in [-0.25, -0.2) is 4.98 Å². The Bertz CT molecular complexity index is 1220. The minimum Gasteiger partial charge on any atom is -0.505 e. The number of carbonyl (C=O) groups excluding carboxylic acids is 1. The van der Waals surface area contributed by atoms with E-state index in [1.165, 1.54) is 12.1 Å². The van der Waals surface area contributed by atoms with Gasteiger partial charge in [0.2, 0.25) is 0 Å². The predicted octanol–water partition coefficient (Wildman–Crippen LogP) is -3.18. The number of carboxylic acid groups (broad SMARTS) is 1. The van der Waals surface area contributed by atoms with E-state index in [0.717, 1.165) is 0 Å². The second kappa shape index (κ2) is 8.45. The quantitative estimate of drug-likeness (QED) is 0.389. The number of aryl methyl sites for hydroxylation is 1. The summed E-state index contributed by atoms with van der Waals surface area (Å²) in [6.45, 7) is 1.00. The number of hydrogen-bond acceptors (Lipinski definition) is 5. The van der Waals surface area contributed by atoms with Gasteiger partial charge in [0, 0.05) is 16.5 Å². The molecular formula is C19H11B5N2O5. The van der Waals surface area contributed by atoms with Crippen molar-refractivity contribution in [1.29, 1.82) is 0 Å². The molecule has 142 valence electrons. The molecule has 7 nitrogen and oxygen atoms in total. The first-order valence-corrected chi connectivity index (χ1v) is 8.85. The van der Waals surface area contributed by atoms with E-state index in [9.17, 15) is 14.7 Å². The molecule has 12 heteroatoms. The van der Waals surface area contributed by atoms with Crippen molar-refractivity contribution in [2.75, 3.05) is 6.54 Å². The van der Waals surface area contributed by atoms with Crippen molar-refractivity contribution >= 4 is 89.2 Å². The molecule has 2 aromatic carbocycles. The fourth-order valence-electron chi connectivity index (χ4n) is 2.95. The molecule has 3 aromatic rings. The third-order valence-corrected chi connectivity index (χ3v) is 4.62. The van der Waals surface area contributed by atoms with E-state index in [1.54, 1.807) is 13.0 Å². The topological polar surface area (TPSA) is 109 Å². The van der Waals surface area contributed by atoms with Crippen LogP contribution in [0.5, 0.6) is 17.2 Å². The molecule has 0 aliphatic rings. The number of fused-ring (bicyclic) bond motifs is 1. The SMILES string of the molecule is [B]c1c([B])c([B])c(Oc2ccc3c(O)c(C(=O)NCC(=O)O)nc(C)c3c2)c([B])c1[B]. The number of hydrogen-bond donors (Lipinski definition) is 3. The fourth-order valence-corrected chi connectivity index (χ4v) is 2.95. The standard InChI is InChI=1S/C19H11B5N2O5/c1-6-9-4-7(31-18-14(23)12(21)11(20)13(22)15(18)24)2-3-8(9)17(29)16(26-6)19(30)25-5-10(27)28/h2-4,29H,5H2,1H3,(H,25,30)(H,27,28). The second-order valence-corrected chi connectivity index (χ2v) is 6.68. The first-order chi connectivity index (χ1) is 14.5. The lowest BCUT2D eigenvalue weighted by Crippen LogP contribution is -2.54. The molecule has 1 heterocycles. The van der Waals surface area contributed by atoms with E-state index in [0.29, 0.717) is 16.5 Å². The summed E-state index contributed by atoms with van der Waals surface area (Å²) >= 11 is 0. The summed E-state index contributed by atoms with van der Waals surface area (Å²) in [4.78, 5) is 26.9. The molecule has 31 heavy (non-hydrogen) atoms. The number of benzene rings is 2. The Morgan fingerprint density at radius 3 is 2.16 bits per heavy atom. The molecule has 0 atom stereocenters. The average molecular weight is 401 g/mol. The summed E-state index contributed by atoms with van der Waals surface area (Å²) in [5, 5.41) is 22.1. The maximum atomic E-state index is 12.2. The van der Waals surface area contributed by atoms with E-state index < -0.39 is 24.2 Å². The molecule has 1 amide bonds. The van der Waals surface area contributed by atoms with Crippen LogP contribution in [0.4, 0.5) is 0 Å². The van der Waals surface area contributed by atoms with Gasteiger partial charge >= 0.3 is 5.97 Å². The Hall–Kier alpha value is -3.29. The van der Waals surface area contributed by atoms with Gasteiger partial charge in [0.25, 0.3) is 5.91 Å². The number of rotatable bonds is 5. The van der Waals surface area contributed by atoms with Gasteiger partial charge in [0.1, 0.15) is 57.3 Å². The molecule has 3 N–H and O–H groups in total. The van der Waals surface area contributed by atoms with Crippen LogP contribution in [0.3, 0.4) is 0 Å². The van der Waals surface area contributed by atoms with Gasteiger partial charge in [0.15, 0.2) is 11.4 Å². The Labute approximate surface area is 184 Å². The molecule has 3 rings (SSSR count). The lowest BCUT2D eigenvalue weighted by molar-refractivity contribution is -0.135. The molecule has 0 saturated carbocycles. The van der Waals surface area contributed by atoms with E-state index in [2.05, 4.69) is 10.3 Å².